The molecule has 3 rings (SSSR count). The third-order valence-electron chi connectivity index (χ3n) is 4.27. The number of rotatable bonds is 3. The largest absolute Gasteiger partial charge is 0.311 e. The Morgan fingerprint density at radius 2 is 2.10 bits per heavy atom. The summed E-state index contributed by atoms with van der Waals surface area (Å²) in [5.74, 6) is 1.71. The van der Waals surface area contributed by atoms with Gasteiger partial charge in [-0.1, -0.05) is 19.3 Å². The molecule has 1 saturated carbocycles. The second-order valence-electron chi connectivity index (χ2n) is 6.06. The van der Waals surface area contributed by atoms with Crippen LogP contribution >= 0.6 is 11.6 Å². The highest BCUT2D eigenvalue weighted by Crippen LogP contribution is 2.29. The van der Waals surface area contributed by atoms with E-state index in [-0.39, 0.29) is 5.38 Å². The molecule has 2 aromatic heterocycles. The topological polar surface area (TPSA) is 30.7 Å². The first-order valence-electron chi connectivity index (χ1n) is 7.62. The van der Waals surface area contributed by atoms with E-state index < -0.39 is 0 Å². The van der Waals surface area contributed by atoms with Gasteiger partial charge < -0.3 is 4.57 Å². The van der Waals surface area contributed by atoms with Crippen molar-refractivity contribution >= 4 is 22.8 Å². The van der Waals surface area contributed by atoms with Gasteiger partial charge in [0.2, 0.25) is 0 Å². The molecule has 0 aliphatic heterocycles. The predicted molar refractivity (Wildman–Crippen MR) is 83.1 cm³/mol. The Morgan fingerprint density at radius 1 is 1.35 bits per heavy atom. The lowest BCUT2D eigenvalue weighted by atomic mass is 9.89. The SMILES string of the molecule is Cc1cnc2c(c1)nc(C(C)Cl)n2CC1CCCCC1. The molecule has 3 nitrogen and oxygen atoms in total. The lowest BCUT2D eigenvalue weighted by molar-refractivity contribution is 0.318. The Morgan fingerprint density at radius 3 is 2.80 bits per heavy atom. The van der Waals surface area contributed by atoms with Crippen LogP contribution < -0.4 is 0 Å². The summed E-state index contributed by atoms with van der Waals surface area (Å²) in [5.41, 5.74) is 3.11. The van der Waals surface area contributed by atoms with Gasteiger partial charge in [0.25, 0.3) is 0 Å². The maximum Gasteiger partial charge on any atom is 0.160 e. The van der Waals surface area contributed by atoms with Gasteiger partial charge in [-0.3, -0.25) is 0 Å². The number of imidazole rings is 1. The number of aromatic nitrogens is 3. The first-order chi connectivity index (χ1) is 9.65. The molecule has 2 heterocycles. The van der Waals surface area contributed by atoms with E-state index in [1.165, 1.54) is 32.1 Å². The van der Waals surface area contributed by atoms with Crippen molar-refractivity contribution in [1.29, 1.82) is 0 Å². The molecule has 4 heteroatoms. The highest BCUT2D eigenvalue weighted by atomic mass is 35.5. The van der Waals surface area contributed by atoms with Crippen molar-refractivity contribution in [3.8, 4) is 0 Å². The molecule has 0 amide bonds. The fourth-order valence-corrected chi connectivity index (χ4v) is 3.41. The number of fused-ring (bicyclic) bond motifs is 1. The molecule has 2 aromatic rings. The fraction of sp³-hybridized carbons (Fsp3) is 0.625. The molecule has 1 fully saturated rings. The van der Waals surface area contributed by atoms with Crippen LogP contribution in [-0.4, -0.2) is 14.5 Å². The van der Waals surface area contributed by atoms with Crippen molar-refractivity contribution in [3.05, 3.63) is 23.7 Å². The van der Waals surface area contributed by atoms with E-state index >= 15 is 0 Å². The molecule has 1 aliphatic rings. The van der Waals surface area contributed by atoms with Crippen LogP contribution in [0.1, 0.15) is 55.8 Å². The van der Waals surface area contributed by atoms with E-state index in [2.05, 4.69) is 22.5 Å². The Bertz CT molecular complexity index is 597. The van der Waals surface area contributed by atoms with E-state index in [1.807, 2.05) is 13.1 Å². The number of halogens is 1. The minimum absolute atomic E-state index is 0.0758. The maximum absolute atomic E-state index is 6.33. The van der Waals surface area contributed by atoms with Crippen molar-refractivity contribution in [3.63, 3.8) is 0 Å². The van der Waals surface area contributed by atoms with Crippen molar-refractivity contribution in [2.24, 2.45) is 5.92 Å². The number of hydrogen-bond donors (Lipinski definition) is 0. The van der Waals surface area contributed by atoms with Gasteiger partial charge in [-0.15, -0.1) is 11.6 Å². The second kappa shape index (κ2) is 5.72. The van der Waals surface area contributed by atoms with Crippen LogP contribution in [0.2, 0.25) is 0 Å². The van der Waals surface area contributed by atoms with Gasteiger partial charge in [-0.2, -0.15) is 0 Å². The van der Waals surface area contributed by atoms with Crippen LogP contribution in [0, 0.1) is 12.8 Å². The molecule has 0 spiro atoms. The summed E-state index contributed by atoms with van der Waals surface area (Å²) in [6.07, 6.45) is 8.66. The van der Waals surface area contributed by atoms with Gasteiger partial charge in [0, 0.05) is 12.7 Å². The molecular weight excluding hydrogens is 270 g/mol. The summed E-state index contributed by atoms with van der Waals surface area (Å²) in [7, 11) is 0. The molecule has 20 heavy (non-hydrogen) atoms. The van der Waals surface area contributed by atoms with Crippen molar-refractivity contribution in [2.75, 3.05) is 0 Å². The molecule has 1 aliphatic carbocycles. The summed E-state index contributed by atoms with van der Waals surface area (Å²) in [4.78, 5) is 9.30. The average molecular weight is 292 g/mol. The Labute approximate surface area is 125 Å². The highest BCUT2D eigenvalue weighted by Gasteiger charge is 2.20. The normalized spacial score (nSPS) is 18.6. The standard InChI is InChI=1S/C16H22ClN3/c1-11-8-14-16(18-9-11)20(15(19-14)12(2)17)10-13-6-4-3-5-7-13/h8-9,12-13H,3-7,10H2,1-2H3. The quantitative estimate of drug-likeness (QED) is 0.773. The molecule has 0 N–H and O–H groups in total. The van der Waals surface area contributed by atoms with Crippen LogP contribution in [0.3, 0.4) is 0 Å². The molecular formula is C16H22ClN3. The van der Waals surface area contributed by atoms with E-state index in [0.29, 0.717) is 0 Å². The number of alkyl halides is 1. The molecule has 0 bridgehead atoms. The third kappa shape index (κ3) is 2.69. The number of aryl methyl sites for hydroxylation is 1. The maximum atomic E-state index is 6.33. The Hall–Kier alpha value is -1.09. The third-order valence-corrected chi connectivity index (χ3v) is 4.47. The Balaban J connectivity index is 1.99. The second-order valence-corrected chi connectivity index (χ2v) is 6.71. The summed E-state index contributed by atoms with van der Waals surface area (Å²) >= 11 is 6.33. The molecule has 108 valence electrons. The first kappa shape index (κ1) is 13.9. The monoisotopic (exact) mass is 291 g/mol. The molecule has 0 radical (unpaired) electrons. The van der Waals surface area contributed by atoms with E-state index in [9.17, 15) is 0 Å². The van der Waals surface area contributed by atoms with Crippen molar-refractivity contribution in [2.45, 2.75) is 57.9 Å². The highest BCUT2D eigenvalue weighted by molar-refractivity contribution is 6.20. The van der Waals surface area contributed by atoms with Crippen molar-refractivity contribution < 1.29 is 0 Å². The van der Waals surface area contributed by atoms with Gasteiger partial charge in [0.05, 0.1) is 5.38 Å². The molecule has 1 atom stereocenters. The lowest BCUT2D eigenvalue weighted by Gasteiger charge is -2.23. The van der Waals surface area contributed by atoms with Gasteiger partial charge in [-0.25, -0.2) is 9.97 Å². The zero-order valence-electron chi connectivity index (χ0n) is 12.3. The molecule has 1 unspecified atom stereocenters. The number of hydrogen-bond acceptors (Lipinski definition) is 2. The van der Waals surface area contributed by atoms with E-state index in [1.54, 1.807) is 0 Å². The number of nitrogens with zero attached hydrogens (tertiary/aromatic N) is 3. The minimum atomic E-state index is -0.0758. The average Bonchev–Trinajstić information content (AvgIpc) is 2.78. The number of pyridine rings is 1. The minimum Gasteiger partial charge on any atom is -0.311 e. The summed E-state index contributed by atoms with van der Waals surface area (Å²) in [6.45, 7) is 5.06. The van der Waals surface area contributed by atoms with Crippen LogP contribution in [0.4, 0.5) is 0 Å². The molecule has 0 saturated heterocycles. The van der Waals surface area contributed by atoms with Crippen molar-refractivity contribution in [1.82, 2.24) is 14.5 Å². The van der Waals surface area contributed by atoms with Gasteiger partial charge >= 0.3 is 0 Å². The van der Waals surface area contributed by atoms with Crippen LogP contribution in [0.25, 0.3) is 11.2 Å². The summed E-state index contributed by atoms with van der Waals surface area (Å²) in [6, 6.07) is 2.10. The van der Waals surface area contributed by atoms with E-state index in [4.69, 9.17) is 16.6 Å². The zero-order chi connectivity index (χ0) is 14.1. The summed E-state index contributed by atoms with van der Waals surface area (Å²) < 4.78 is 2.25. The van der Waals surface area contributed by atoms with E-state index in [0.717, 1.165) is 35.0 Å². The van der Waals surface area contributed by atoms with Gasteiger partial charge in [-0.05, 0) is 44.2 Å². The fourth-order valence-electron chi connectivity index (χ4n) is 3.24. The van der Waals surface area contributed by atoms with Crippen LogP contribution in [0.5, 0.6) is 0 Å². The predicted octanol–water partition coefficient (Wildman–Crippen LogP) is 4.62. The summed E-state index contributed by atoms with van der Waals surface area (Å²) in [5, 5.41) is -0.0758. The Kier molecular flexibility index (Phi) is 3.97. The lowest BCUT2D eigenvalue weighted by Crippen LogP contribution is -2.16. The first-order valence-corrected chi connectivity index (χ1v) is 8.05. The molecule has 0 aromatic carbocycles. The van der Waals surface area contributed by atoms with Gasteiger partial charge in [0.15, 0.2) is 5.65 Å². The van der Waals surface area contributed by atoms with Crippen LogP contribution in [0.15, 0.2) is 12.3 Å². The zero-order valence-corrected chi connectivity index (χ0v) is 13.0. The van der Waals surface area contributed by atoms with Crippen LogP contribution in [-0.2, 0) is 6.54 Å². The van der Waals surface area contributed by atoms with Gasteiger partial charge in [0.1, 0.15) is 11.3 Å². The smallest absolute Gasteiger partial charge is 0.160 e.